The fraction of sp³-hybridized carbons (Fsp3) is 0.273. The van der Waals surface area contributed by atoms with Gasteiger partial charge in [-0.15, -0.1) is 0 Å². The topological polar surface area (TPSA) is 49.4 Å². The van der Waals surface area contributed by atoms with Crippen molar-refractivity contribution < 1.29 is 9.59 Å². The third-order valence-corrected chi connectivity index (χ3v) is 6.78. The summed E-state index contributed by atoms with van der Waals surface area (Å²) in [6, 6.07) is 32.1. The Morgan fingerprint density at radius 1 is 0.811 bits per heavy atom. The molecule has 4 aromatic rings. The lowest BCUT2D eigenvalue weighted by molar-refractivity contribution is -0.141. The Morgan fingerprint density at radius 3 is 2.27 bits per heavy atom. The molecule has 0 saturated heterocycles. The highest BCUT2D eigenvalue weighted by Crippen LogP contribution is 2.22. The van der Waals surface area contributed by atoms with E-state index in [-0.39, 0.29) is 11.8 Å². The van der Waals surface area contributed by atoms with Crippen LogP contribution in [0.4, 0.5) is 0 Å². The molecule has 0 aromatic heterocycles. The highest BCUT2D eigenvalue weighted by atomic mass is 16.2. The van der Waals surface area contributed by atoms with Gasteiger partial charge in [0.2, 0.25) is 11.8 Å². The van der Waals surface area contributed by atoms with Crippen LogP contribution in [0.5, 0.6) is 0 Å². The molecular formula is C33H36N2O2. The van der Waals surface area contributed by atoms with Crippen LogP contribution in [-0.2, 0) is 29.0 Å². The van der Waals surface area contributed by atoms with Crippen molar-refractivity contribution in [2.24, 2.45) is 0 Å². The lowest BCUT2D eigenvalue weighted by atomic mass is 9.99. The van der Waals surface area contributed by atoms with E-state index in [1.165, 1.54) is 16.3 Å². The number of carbonyl (C=O) groups excluding carboxylic acids is 2. The van der Waals surface area contributed by atoms with Crippen LogP contribution in [0.1, 0.15) is 42.0 Å². The third kappa shape index (κ3) is 7.07. The van der Waals surface area contributed by atoms with Gasteiger partial charge in [-0.3, -0.25) is 9.59 Å². The van der Waals surface area contributed by atoms with E-state index in [2.05, 4.69) is 41.7 Å². The number of fused-ring (bicyclic) bond motifs is 1. The number of aryl methyl sites for hydroxylation is 2. The summed E-state index contributed by atoms with van der Waals surface area (Å²) in [7, 11) is 0. The second kappa shape index (κ2) is 12.9. The zero-order chi connectivity index (χ0) is 26.0. The molecule has 2 amide bonds. The molecule has 0 aliphatic rings. The van der Waals surface area contributed by atoms with Crippen LogP contribution in [0.2, 0.25) is 0 Å². The minimum Gasteiger partial charge on any atom is -0.354 e. The molecule has 0 fully saturated rings. The fourth-order valence-electron chi connectivity index (χ4n) is 4.71. The number of nitrogens with one attached hydrogen (secondary N) is 1. The quantitative estimate of drug-likeness (QED) is 0.269. The summed E-state index contributed by atoms with van der Waals surface area (Å²) in [4.78, 5) is 29.1. The summed E-state index contributed by atoms with van der Waals surface area (Å²) in [6.07, 6.45) is 2.28. The van der Waals surface area contributed by atoms with Crippen LogP contribution in [0.25, 0.3) is 10.8 Å². The second-order valence-electron chi connectivity index (χ2n) is 9.64. The number of amides is 2. The van der Waals surface area contributed by atoms with Crippen molar-refractivity contribution in [2.45, 2.75) is 52.1 Å². The molecule has 4 heteroatoms. The molecule has 0 saturated carbocycles. The molecule has 0 aliphatic carbocycles. The van der Waals surface area contributed by atoms with Crippen LogP contribution < -0.4 is 5.32 Å². The maximum Gasteiger partial charge on any atom is 0.243 e. The first-order valence-electron chi connectivity index (χ1n) is 13.2. The van der Waals surface area contributed by atoms with E-state index in [4.69, 9.17) is 0 Å². The lowest BCUT2D eigenvalue weighted by Crippen LogP contribution is -2.50. The normalized spacial score (nSPS) is 11.7. The molecule has 1 unspecified atom stereocenters. The van der Waals surface area contributed by atoms with Gasteiger partial charge in [0.05, 0.1) is 0 Å². The highest BCUT2D eigenvalue weighted by Gasteiger charge is 2.30. The Morgan fingerprint density at radius 2 is 1.51 bits per heavy atom. The monoisotopic (exact) mass is 492 g/mol. The van der Waals surface area contributed by atoms with Crippen molar-refractivity contribution in [3.05, 3.63) is 119 Å². The van der Waals surface area contributed by atoms with Gasteiger partial charge in [0.15, 0.2) is 0 Å². The van der Waals surface area contributed by atoms with Gasteiger partial charge in [-0.25, -0.2) is 0 Å². The van der Waals surface area contributed by atoms with Gasteiger partial charge in [-0.2, -0.15) is 0 Å². The van der Waals surface area contributed by atoms with Gasteiger partial charge in [-0.1, -0.05) is 110 Å². The van der Waals surface area contributed by atoms with Crippen molar-refractivity contribution >= 4 is 22.6 Å². The summed E-state index contributed by atoms with van der Waals surface area (Å²) >= 11 is 0. The summed E-state index contributed by atoms with van der Waals surface area (Å²) in [5.74, 6) is -0.114. The zero-order valence-electron chi connectivity index (χ0n) is 21.8. The highest BCUT2D eigenvalue weighted by molar-refractivity contribution is 5.89. The molecule has 0 bridgehead atoms. The average molecular weight is 493 g/mol. The molecular weight excluding hydrogens is 456 g/mol. The lowest BCUT2D eigenvalue weighted by Gasteiger charge is -2.32. The Labute approximate surface area is 220 Å². The number of carbonyl (C=O) groups is 2. The molecule has 0 aliphatic heterocycles. The van der Waals surface area contributed by atoms with E-state index in [0.717, 1.165) is 23.1 Å². The van der Waals surface area contributed by atoms with Gasteiger partial charge in [0.1, 0.15) is 6.04 Å². The Kier molecular flexibility index (Phi) is 9.09. The van der Waals surface area contributed by atoms with E-state index >= 15 is 0 Å². The van der Waals surface area contributed by atoms with Crippen LogP contribution >= 0.6 is 0 Å². The molecule has 4 aromatic carbocycles. The molecule has 0 spiro atoms. The number of nitrogens with zero attached hydrogens (tertiary/aromatic N) is 1. The average Bonchev–Trinajstić information content (AvgIpc) is 2.93. The summed E-state index contributed by atoms with van der Waals surface area (Å²) in [6.45, 7) is 5.07. The third-order valence-electron chi connectivity index (χ3n) is 6.78. The predicted octanol–water partition coefficient (Wildman–Crippen LogP) is 6.25. The zero-order valence-corrected chi connectivity index (χ0v) is 21.8. The van der Waals surface area contributed by atoms with Crippen molar-refractivity contribution in [1.29, 1.82) is 0 Å². The molecule has 1 atom stereocenters. The van der Waals surface area contributed by atoms with Crippen molar-refractivity contribution in [3.8, 4) is 0 Å². The van der Waals surface area contributed by atoms with Crippen LogP contribution in [0.15, 0.2) is 97.1 Å². The summed E-state index contributed by atoms with van der Waals surface area (Å²) in [5, 5.41) is 5.39. The van der Waals surface area contributed by atoms with E-state index < -0.39 is 6.04 Å². The molecule has 4 nitrogen and oxygen atoms in total. The first-order chi connectivity index (χ1) is 18.0. The van der Waals surface area contributed by atoms with Crippen molar-refractivity contribution in [3.63, 3.8) is 0 Å². The largest absolute Gasteiger partial charge is 0.354 e. The SMILES string of the molecule is CCCNC(=O)C(Cc1ccccc1)N(Cc1ccc(C)cc1)C(=O)CCc1cccc2ccccc12. The smallest absolute Gasteiger partial charge is 0.243 e. The van der Waals surface area contributed by atoms with Crippen LogP contribution in [0.3, 0.4) is 0 Å². The fourth-order valence-corrected chi connectivity index (χ4v) is 4.71. The number of benzene rings is 4. The number of hydrogen-bond donors (Lipinski definition) is 1. The first kappa shape index (κ1) is 26.2. The first-order valence-corrected chi connectivity index (χ1v) is 13.2. The number of hydrogen-bond acceptors (Lipinski definition) is 2. The summed E-state index contributed by atoms with van der Waals surface area (Å²) in [5.41, 5.74) is 4.37. The number of rotatable bonds is 11. The minimum absolute atomic E-state index is 0.0129. The second-order valence-corrected chi connectivity index (χ2v) is 9.64. The summed E-state index contributed by atoms with van der Waals surface area (Å²) < 4.78 is 0. The Balaban J connectivity index is 1.62. The van der Waals surface area contributed by atoms with Gasteiger partial charge in [-0.05, 0) is 47.2 Å². The van der Waals surface area contributed by atoms with E-state index in [0.29, 0.717) is 32.4 Å². The minimum atomic E-state index is -0.588. The van der Waals surface area contributed by atoms with Gasteiger partial charge >= 0.3 is 0 Å². The van der Waals surface area contributed by atoms with Crippen LogP contribution in [-0.4, -0.2) is 29.3 Å². The molecule has 4 rings (SSSR count). The Hall–Kier alpha value is -3.92. The van der Waals surface area contributed by atoms with Crippen LogP contribution in [0, 0.1) is 6.92 Å². The van der Waals surface area contributed by atoms with Gasteiger partial charge in [0, 0.05) is 25.9 Å². The molecule has 37 heavy (non-hydrogen) atoms. The standard InChI is InChI=1S/C33H36N2O2/c1-3-22-34-33(37)31(23-26-10-5-4-6-11-26)35(24-27-18-16-25(2)17-19-27)32(36)21-20-29-14-9-13-28-12-7-8-15-30(28)29/h4-19,31H,3,20-24H2,1-2H3,(H,34,37). The van der Waals surface area contributed by atoms with Gasteiger partial charge in [0.25, 0.3) is 0 Å². The Bertz CT molecular complexity index is 1310. The molecule has 1 N–H and O–H groups in total. The van der Waals surface area contributed by atoms with Crippen molar-refractivity contribution in [1.82, 2.24) is 10.2 Å². The molecule has 0 heterocycles. The maximum atomic E-state index is 13.9. The van der Waals surface area contributed by atoms with Crippen molar-refractivity contribution in [2.75, 3.05) is 6.54 Å². The van der Waals surface area contributed by atoms with E-state index in [1.807, 2.05) is 74.5 Å². The molecule has 190 valence electrons. The van der Waals surface area contributed by atoms with E-state index in [1.54, 1.807) is 4.90 Å². The van der Waals surface area contributed by atoms with Gasteiger partial charge < -0.3 is 10.2 Å². The van der Waals surface area contributed by atoms with E-state index in [9.17, 15) is 9.59 Å². The molecule has 0 radical (unpaired) electrons. The maximum absolute atomic E-state index is 13.9. The predicted molar refractivity (Wildman–Crippen MR) is 151 cm³/mol.